The fourth-order valence-corrected chi connectivity index (χ4v) is 3.86. The fourth-order valence-electron chi connectivity index (χ4n) is 3.15. The van der Waals surface area contributed by atoms with E-state index in [9.17, 15) is 18.0 Å². The van der Waals surface area contributed by atoms with Gasteiger partial charge in [-0.05, 0) is 32.0 Å². The Morgan fingerprint density at radius 2 is 2.07 bits per heavy atom. The summed E-state index contributed by atoms with van der Waals surface area (Å²) in [6.07, 6.45) is -4.15. The third-order valence-corrected chi connectivity index (χ3v) is 5.02. The minimum atomic E-state index is -4.46. The predicted octanol–water partition coefficient (Wildman–Crippen LogP) is 3.79. The lowest BCUT2D eigenvalue weighted by Crippen LogP contribution is -2.44. The van der Waals surface area contributed by atoms with Crippen LogP contribution in [0.25, 0.3) is 0 Å². The molecule has 0 spiro atoms. The molecule has 0 saturated carbocycles. The van der Waals surface area contributed by atoms with Crippen molar-refractivity contribution >= 4 is 22.4 Å². The summed E-state index contributed by atoms with van der Waals surface area (Å²) in [6, 6.07) is 4.41. The van der Waals surface area contributed by atoms with Gasteiger partial charge in [-0.2, -0.15) is 13.2 Å². The molecular weight excluding hydrogens is 407 g/mol. The summed E-state index contributed by atoms with van der Waals surface area (Å²) in [5.41, 5.74) is 0.0112. The van der Waals surface area contributed by atoms with Crippen molar-refractivity contribution in [2.45, 2.75) is 38.8 Å². The minimum absolute atomic E-state index is 0.0228. The molecule has 1 N–H and O–H groups in total. The van der Waals surface area contributed by atoms with Gasteiger partial charge in [-0.1, -0.05) is 6.07 Å². The number of nitrogens with zero attached hydrogens (tertiary/aromatic N) is 2. The van der Waals surface area contributed by atoms with E-state index in [1.807, 2.05) is 19.2 Å². The Bertz CT molecular complexity index is 833. The zero-order valence-corrected chi connectivity index (χ0v) is 16.8. The summed E-state index contributed by atoms with van der Waals surface area (Å²) in [5.74, 6) is -0.512. The van der Waals surface area contributed by atoms with Crippen molar-refractivity contribution in [1.29, 1.82) is 0 Å². The van der Waals surface area contributed by atoms with E-state index in [2.05, 4.69) is 15.2 Å². The summed E-state index contributed by atoms with van der Waals surface area (Å²) in [5, 5.41) is 4.90. The van der Waals surface area contributed by atoms with Crippen molar-refractivity contribution in [2.24, 2.45) is 0 Å². The maximum Gasteiger partial charge on any atom is 0.416 e. The Balaban J connectivity index is 1.49. The summed E-state index contributed by atoms with van der Waals surface area (Å²) in [6.45, 7) is 5.93. The van der Waals surface area contributed by atoms with E-state index in [-0.39, 0.29) is 18.0 Å². The van der Waals surface area contributed by atoms with Crippen LogP contribution in [0.5, 0.6) is 5.75 Å². The summed E-state index contributed by atoms with van der Waals surface area (Å²) in [4.78, 5) is 18.7. The molecule has 3 rings (SSSR count). The molecule has 10 heteroatoms. The van der Waals surface area contributed by atoms with Crippen molar-refractivity contribution in [1.82, 2.24) is 9.88 Å². The maximum atomic E-state index is 12.7. The van der Waals surface area contributed by atoms with Gasteiger partial charge in [0.15, 0.2) is 11.7 Å². The Kier molecular flexibility index (Phi) is 6.76. The first-order valence-corrected chi connectivity index (χ1v) is 9.99. The third kappa shape index (κ3) is 6.41. The summed E-state index contributed by atoms with van der Waals surface area (Å²) in [7, 11) is 0. The molecule has 2 heterocycles. The normalized spacial score (nSPS) is 20.4. The van der Waals surface area contributed by atoms with E-state index in [0.717, 1.165) is 30.9 Å². The van der Waals surface area contributed by atoms with Gasteiger partial charge in [-0.15, -0.1) is 11.3 Å². The molecule has 1 aliphatic heterocycles. The Hall–Kier alpha value is -2.17. The first kappa shape index (κ1) is 21.5. The Labute approximate surface area is 170 Å². The zero-order chi connectivity index (χ0) is 21.0. The molecule has 2 aromatic rings. The van der Waals surface area contributed by atoms with Gasteiger partial charge in [0.2, 0.25) is 0 Å². The fraction of sp³-hybridized carbons (Fsp3) is 0.474. The van der Waals surface area contributed by atoms with Gasteiger partial charge in [-0.25, -0.2) is 4.98 Å². The Morgan fingerprint density at radius 3 is 2.76 bits per heavy atom. The highest BCUT2D eigenvalue weighted by atomic mass is 32.1. The molecule has 1 aliphatic rings. The average Bonchev–Trinajstić information content (AvgIpc) is 3.05. The number of hydrogen-bond donors (Lipinski definition) is 1. The number of morpholine rings is 1. The number of nitrogens with one attached hydrogen (secondary N) is 1. The molecule has 1 fully saturated rings. The smallest absolute Gasteiger partial charge is 0.416 e. The second kappa shape index (κ2) is 9.10. The standard InChI is InChI=1S/C19H22F3N3O3S/c1-12-7-25(8-13(2)28-12)9-15-11-29-18(23-15)24-17(26)10-27-16-5-3-4-14(6-16)19(20,21)22/h3-6,11-13H,7-10H2,1-2H3,(H,23,24,26). The lowest BCUT2D eigenvalue weighted by Gasteiger charge is -2.34. The van der Waals surface area contributed by atoms with E-state index >= 15 is 0 Å². The molecule has 2 atom stereocenters. The quantitative estimate of drug-likeness (QED) is 0.757. The molecule has 0 aliphatic carbocycles. The number of ether oxygens (including phenoxy) is 2. The minimum Gasteiger partial charge on any atom is -0.484 e. The van der Waals surface area contributed by atoms with E-state index in [1.165, 1.54) is 23.5 Å². The predicted molar refractivity (Wildman–Crippen MR) is 103 cm³/mol. The van der Waals surface area contributed by atoms with Crippen LogP contribution in [-0.4, -0.2) is 47.7 Å². The lowest BCUT2D eigenvalue weighted by atomic mass is 10.2. The van der Waals surface area contributed by atoms with Crippen molar-refractivity contribution in [3.8, 4) is 5.75 Å². The van der Waals surface area contributed by atoms with Gasteiger partial charge < -0.3 is 9.47 Å². The maximum absolute atomic E-state index is 12.7. The monoisotopic (exact) mass is 429 g/mol. The number of carbonyl (C=O) groups excluding carboxylic acids is 1. The molecule has 2 unspecified atom stereocenters. The van der Waals surface area contributed by atoms with Gasteiger partial charge in [0.25, 0.3) is 5.91 Å². The Morgan fingerprint density at radius 1 is 1.34 bits per heavy atom. The SMILES string of the molecule is CC1CN(Cc2csc(NC(=O)COc3cccc(C(F)(F)F)c3)n2)CC(C)O1. The van der Waals surface area contributed by atoms with Gasteiger partial charge in [0, 0.05) is 25.0 Å². The van der Waals surface area contributed by atoms with E-state index in [0.29, 0.717) is 11.7 Å². The molecular formula is C19H22F3N3O3S. The summed E-state index contributed by atoms with van der Waals surface area (Å²) < 4.78 is 49.0. The van der Waals surface area contributed by atoms with Crippen molar-refractivity contribution < 1.29 is 27.4 Å². The number of hydrogen-bond acceptors (Lipinski definition) is 6. The van der Waals surface area contributed by atoms with E-state index in [1.54, 1.807) is 0 Å². The second-order valence-electron chi connectivity index (χ2n) is 6.96. The number of carbonyl (C=O) groups is 1. The highest BCUT2D eigenvalue weighted by Gasteiger charge is 2.30. The second-order valence-corrected chi connectivity index (χ2v) is 7.82. The van der Waals surface area contributed by atoms with Gasteiger partial charge in [0.05, 0.1) is 23.5 Å². The molecule has 158 valence electrons. The molecule has 6 nitrogen and oxygen atoms in total. The van der Waals surface area contributed by atoms with Gasteiger partial charge in [-0.3, -0.25) is 15.0 Å². The number of thiazole rings is 1. The first-order chi connectivity index (χ1) is 13.7. The van der Waals surface area contributed by atoms with Crippen LogP contribution >= 0.6 is 11.3 Å². The van der Waals surface area contributed by atoms with Gasteiger partial charge >= 0.3 is 6.18 Å². The highest BCUT2D eigenvalue weighted by Crippen LogP contribution is 2.31. The zero-order valence-electron chi connectivity index (χ0n) is 16.0. The van der Waals surface area contributed by atoms with Crippen LogP contribution in [0.1, 0.15) is 25.1 Å². The average molecular weight is 429 g/mol. The van der Waals surface area contributed by atoms with Gasteiger partial charge in [0.1, 0.15) is 5.75 Å². The largest absolute Gasteiger partial charge is 0.484 e. The van der Waals surface area contributed by atoms with Crippen molar-refractivity contribution in [2.75, 3.05) is 25.0 Å². The van der Waals surface area contributed by atoms with Crippen LogP contribution in [0, 0.1) is 0 Å². The number of anilines is 1. The molecule has 29 heavy (non-hydrogen) atoms. The number of benzene rings is 1. The third-order valence-electron chi connectivity index (χ3n) is 4.21. The number of rotatable bonds is 6. The first-order valence-electron chi connectivity index (χ1n) is 9.11. The van der Waals surface area contributed by atoms with Crippen LogP contribution < -0.4 is 10.1 Å². The van der Waals surface area contributed by atoms with Crippen LogP contribution in [0.15, 0.2) is 29.6 Å². The molecule has 0 radical (unpaired) electrons. The van der Waals surface area contributed by atoms with Crippen LogP contribution in [0.4, 0.5) is 18.3 Å². The number of halogens is 3. The molecule has 1 amide bonds. The van der Waals surface area contributed by atoms with Crippen LogP contribution in [0.2, 0.25) is 0 Å². The lowest BCUT2D eigenvalue weighted by molar-refractivity contribution is -0.137. The summed E-state index contributed by atoms with van der Waals surface area (Å²) >= 11 is 1.29. The molecule has 1 aromatic heterocycles. The van der Waals surface area contributed by atoms with E-state index in [4.69, 9.17) is 9.47 Å². The van der Waals surface area contributed by atoms with E-state index < -0.39 is 24.3 Å². The van der Waals surface area contributed by atoms with Crippen molar-refractivity contribution in [3.05, 3.63) is 40.9 Å². The van der Waals surface area contributed by atoms with Crippen molar-refractivity contribution in [3.63, 3.8) is 0 Å². The number of amides is 1. The molecule has 0 bridgehead atoms. The highest BCUT2D eigenvalue weighted by molar-refractivity contribution is 7.13. The topological polar surface area (TPSA) is 63.7 Å². The number of alkyl halides is 3. The van der Waals surface area contributed by atoms with Crippen LogP contribution in [0.3, 0.4) is 0 Å². The molecule has 1 saturated heterocycles. The molecule has 1 aromatic carbocycles. The number of aromatic nitrogens is 1. The van der Waals surface area contributed by atoms with Crippen LogP contribution in [-0.2, 0) is 22.3 Å².